The van der Waals surface area contributed by atoms with Crippen LogP contribution in [0.5, 0.6) is 0 Å². The van der Waals surface area contributed by atoms with E-state index in [0.717, 1.165) is 50.4 Å². The molecule has 1 N–H and O–H groups in total. The Morgan fingerprint density at radius 3 is 3.04 bits per heavy atom. The molecule has 0 bridgehead atoms. The molecular formula is C21H19ClN2O2S. The first-order valence-corrected chi connectivity index (χ1v) is 10.3. The summed E-state index contributed by atoms with van der Waals surface area (Å²) >= 11 is 8.22. The van der Waals surface area contributed by atoms with Gasteiger partial charge in [0.05, 0.1) is 32.2 Å². The first kappa shape index (κ1) is 17.0. The van der Waals surface area contributed by atoms with Crippen molar-refractivity contribution in [3.8, 4) is 0 Å². The zero-order valence-corrected chi connectivity index (χ0v) is 16.4. The van der Waals surface area contributed by atoms with E-state index in [-0.39, 0.29) is 0 Å². The second-order valence-corrected chi connectivity index (χ2v) is 8.77. The fourth-order valence-corrected chi connectivity index (χ4v) is 5.25. The van der Waals surface area contributed by atoms with E-state index >= 15 is 0 Å². The maximum Gasteiger partial charge on any atom is 0.136 e. The second-order valence-electron chi connectivity index (χ2n) is 7.25. The van der Waals surface area contributed by atoms with Crippen molar-refractivity contribution in [2.24, 2.45) is 5.92 Å². The normalized spacial score (nSPS) is 18.2. The predicted molar refractivity (Wildman–Crippen MR) is 111 cm³/mol. The Bertz CT molecular complexity index is 1100. The molecule has 1 aliphatic heterocycles. The van der Waals surface area contributed by atoms with Gasteiger partial charge in [0, 0.05) is 23.9 Å². The number of aliphatic hydroxyl groups excluding tert-OH is 1. The molecule has 0 fully saturated rings. The van der Waals surface area contributed by atoms with E-state index in [1.807, 2.05) is 41.5 Å². The molecule has 1 aliphatic rings. The summed E-state index contributed by atoms with van der Waals surface area (Å²) in [5, 5.41) is 13.7. The van der Waals surface area contributed by atoms with Crippen LogP contribution in [0.25, 0.3) is 21.2 Å². The molecule has 138 valence electrons. The molecule has 4 nitrogen and oxygen atoms in total. The molecule has 3 heterocycles. The SMILES string of the molecule is CC1Cc2coc3ccc(Cl)c(c23)N(C(O)Cc2nc3ccccc3s2)C1. The third-order valence-corrected chi connectivity index (χ3v) is 6.52. The maximum atomic E-state index is 11.1. The highest BCUT2D eigenvalue weighted by Gasteiger charge is 2.29. The molecule has 0 saturated heterocycles. The summed E-state index contributed by atoms with van der Waals surface area (Å²) in [6.07, 6.45) is 2.50. The standard InChI is InChI=1S/C21H19ClN2O2S/c1-12-8-13-11-26-16-7-6-14(22)21(20(13)16)24(10-12)19(25)9-18-23-15-4-2-3-5-17(15)27-18/h2-7,11-12,19,25H,8-10H2,1H3. The zero-order chi connectivity index (χ0) is 18.5. The van der Waals surface area contributed by atoms with E-state index in [1.54, 1.807) is 11.3 Å². The van der Waals surface area contributed by atoms with Gasteiger partial charge in [-0.2, -0.15) is 0 Å². The van der Waals surface area contributed by atoms with Crippen LogP contribution in [0, 0.1) is 5.92 Å². The Labute approximate surface area is 166 Å². The van der Waals surface area contributed by atoms with Crippen LogP contribution in [0.4, 0.5) is 5.69 Å². The molecule has 0 spiro atoms. The highest BCUT2D eigenvalue weighted by molar-refractivity contribution is 7.18. The largest absolute Gasteiger partial charge is 0.464 e. The van der Waals surface area contributed by atoms with Crippen LogP contribution in [0.2, 0.25) is 5.02 Å². The molecule has 2 aromatic carbocycles. The molecule has 27 heavy (non-hydrogen) atoms. The molecule has 0 radical (unpaired) electrons. The molecule has 0 aliphatic carbocycles. The van der Waals surface area contributed by atoms with Crippen molar-refractivity contribution < 1.29 is 9.52 Å². The van der Waals surface area contributed by atoms with Gasteiger partial charge in [-0.1, -0.05) is 30.7 Å². The van der Waals surface area contributed by atoms with Gasteiger partial charge in [0.25, 0.3) is 0 Å². The summed E-state index contributed by atoms with van der Waals surface area (Å²) in [6.45, 7) is 2.93. The quantitative estimate of drug-likeness (QED) is 0.511. The maximum absolute atomic E-state index is 11.1. The molecule has 6 heteroatoms. The van der Waals surface area contributed by atoms with Crippen molar-refractivity contribution in [3.05, 3.63) is 58.3 Å². The summed E-state index contributed by atoms with van der Waals surface area (Å²) in [6, 6.07) is 11.8. The third kappa shape index (κ3) is 2.90. The number of halogens is 1. The fraction of sp³-hybridized carbons (Fsp3) is 0.286. The number of aliphatic hydroxyl groups is 1. The van der Waals surface area contributed by atoms with Gasteiger partial charge in [0.15, 0.2) is 0 Å². The van der Waals surface area contributed by atoms with E-state index in [0.29, 0.717) is 17.4 Å². The molecule has 0 saturated carbocycles. The summed E-state index contributed by atoms with van der Waals surface area (Å²) in [5.41, 5.74) is 3.82. The molecule has 2 atom stereocenters. The average molecular weight is 399 g/mol. The van der Waals surface area contributed by atoms with Crippen molar-refractivity contribution in [1.29, 1.82) is 0 Å². The van der Waals surface area contributed by atoms with Crippen molar-refractivity contribution >= 4 is 49.8 Å². The van der Waals surface area contributed by atoms with Gasteiger partial charge in [0.2, 0.25) is 0 Å². The van der Waals surface area contributed by atoms with Gasteiger partial charge in [-0.25, -0.2) is 4.98 Å². The summed E-state index contributed by atoms with van der Waals surface area (Å²) < 4.78 is 6.87. The van der Waals surface area contributed by atoms with Gasteiger partial charge in [-0.15, -0.1) is 11.3 Å². The number of anilines is 1. The lowest BCUT2D eigenvalue weighted by Gasteiger charge is -2.31. The van der Waals surface area contributed by atoms with Crippen molar-refractivity contribution in [2.75, 3.05) is 11.4 Å². The summed E-state index contributed by atoms with van der Waals surface area (Å²) in [4.78, 5) is 6.70. The van der Waals surface area contributed by atoms with Crippen molar-refractivity contribution in [3.63, 3.8) is 0 Å². The molecular weight excluding hydrogens is 380 g/mol. The number of hydrogen-bond acceptors (Lipinski definition) is 5. The van der Waals surface area contributed by atoms with E-state index in [4.69, 9.17) is 16.0 Å². The smallest absolute Gasteiger partial charge is 0.136 e. The Balaban J connectivity index is 1.55. The van der Waals surface area contributed by atoms with E-state index in [9.17, 15) is 5.11 Å². The van der Waals surface area contributed by atoms with Crippen LogP contribution in [0.1, 0.15) is 17.5 Å². The molecule has 5 rings (SSSR count). The van der Waals surface area contributed by atoms with Crippen LogP contribution in [-0.2, 0) is 12.8 Å². The van der Waals surface area contributed by atoms with Gasteiger partial charge < -0.3 is 14.4 Å². The fourth-order valence-electron chi connectivity index (χ4n) is 3.99. The first-order valence-electron chi connectivity index (χ1n) is 9.08. The topological polar surface area (TPSA) is 49.5 Å². The average Bonchev–Trinajstić information content (AvgIpc) is 3.19. The number of aromatic nitrogens is 1. The van der Waals surface area contributed by atoms with Crippen LogP contribution in [-0.4, -0.2) is 22.9 Å². The minimum absolute atomic E-state index is 0.374. The molecule has 2 unspecified atom stereocenters. The van der Waals surface area contributed by atoms with Gasteiger partial charge in [0.1, 0.15) is 11.8 Å². The van der Waals surface area contributed by atoms with E-state index in [1.165, 1.54) is 0 Å². The number of furan rings is 1. The Morgan fingerprint density at radius 1 is 1.33 bits per heavy atom. The number of fused-ring (bicyclic) bond motifs is 1. The van der Waals surface area contributed by atoms with Crippen LogP contribution >= 0.6 is 22.9 Å². The minimum atomic E-state index is -0.697. The minimum Gasteiger partial charge on any atom is -0.464 e. The number of rotatable bonds is 3. The zero-order valence-electron chi connectivity index (χ0n) is 14.9. The third-order valence-electron chi connectivity index (χ3n) is 5.16. The van der Waals surface area contributed by atoms with Crippen molar-refractivity contribution in [2.45, 2.75) is 26.0 Å². The summed E-state index contributed by atoms with van der Waals surface area (Å²) in [7, 11) is 0. The highest BCUT2D eigenvalue weighted by atomic mass is 35.5. The monoisotopic (exact) mass is 398 g/mol. The number of nitrogens with zero attached hydrogens (tertiary/aromatic N) is 2. The number of para-hydroxylation sites is 1. The van der Waals surface area contributed by atoms with Gasteiger partial charge >= 0.3 is 0 Å². The lowest BCUT2D eigenvalue weighted by molar-refractivity contribution is 0.165. The van der Waals surface area contributed by atoms with Crippen LogP contribution < -0.4 is 4.90 Å². The number of benzene rings is 2. The second kappa shape index (κ2) is 6.51. The summed E-state index contributed by atoms with van der Waals surface area (Å²) in [5.74, 6) is 0.374. The lowest BCUT2D eigenvalue weighted by Crippen LogP contribution is -2.39. The number of hydrogen-bond donors (Lipinski definition) is 1. The Morgan fingerprint density at radius 2 is 2.19 bits per heavy atom. The lowest BCUT2D eigenvalue weighted by atomic mass is 10.0. The van der Waals surface area contributed by atoms with Crippen LogP contribution in [0.15, 0.2) is 47.1 Å². The highest BCUT2D eigenvalue weighted by Crippen LogP contribution is 2.42. The van der Waals surface area contributed by atoms with Gasteiger partial charge in [-0.05, 0) is 36.6 Å². The van der Waals surface area contributed by atoms with Crippen molar-refractivity contribution in [1.82, 2.24) is 4.98 Å². The van der Waals surface area contributed by atoms with E-state index < -0.39 is 6.23 Å². The molecule has 4 aromatic rings. The molecule has 2 aromatic heterocycles. The van der Waals surface area contributed by atoms with Gasteiger partial charge in [-0.3, -0.25) is 0 Å². The Hall–Kier alpha value is -2.08. The van der Waals surface area contributed by atoms with Crippen LogP contribution in [0.3, 0.4) is 0 Å². The predicted octanol–water partition coefficient (Wildman–Crippen LogP) is 5.26. The number of thiazole rings is 1. The van der Waals surface area contributed by atoms with E-state index in [2.05, 4.69) is 18.0 Å². The molecule has 0 amide bonds. The Kier molecular flexibility index (Phi) is 4.11. The first-order chi connectivity index (χ1) is 13.1.